The van der Waals surface area contributed by atoms with Gasteiger partial charge in [0.25, 0.3) is 0 Å². The summed E-state index contributed by atoms with van der Waals surface area (Å²) in [6.45, 7) is 5.43. The van der Waals surface area contributed by atoms with Crippen LogP contribution in [-0.2, 0) is 13.0 Å². The molecule has 2 rings (SSSR count). The zero-order valence-corrected chi connectivity index (χ0v) is 10.7. The molecule has 0 bridgehead atoms. The molecule has 15 heavy (non-hydrogen) atoms. The molecule has 0 saturated heterocycles. The van der Waals surface area contributed by atoms with Gasteiger partial charge in [-0.3, -0.25) is 0 Å². The molecule has 0 atom stereocenters. The zero-order chi connectivity index (χ0) is 10.8. The number of nitrogens with zero attached hydrogens (tertiary/aromatic N) is 1. The van der Waals surface area contributed by atoms with E-state index in [0.29, 0.717) is 5.92 Å². The third kappa shape index (κ3) is 2.79. The second-order valence-corrected chi connectivity index (χ2v) is 5.92. The maximum atomic E-state index is 4.79. The molecule has 1 aliphatic rings. The van der Waals surface area contributed by atoms with Gasteiger partial charge < -0.3 is 5.32 Å². The van der Waals surface area contributed by atoms with Gasteiger partial charge in [-0.15, -0.1) is 11.3 Å². The van der Waals surface area contributed by atoms with Crippen molar-refractivity contribution in [1.29, 1.82) is 0 Å². The first kappa shape index (κ1) is 11.1. The van der Waals surface area contributed by atoms with E-state index < -0.39 is 0 Å². The molecule has 0 aliphatic heterocycles. The lowest BCUT2D eigenvalue weighted by Crippen LogP contribution is -2.06. The van der Waals surface area contributed by atoms with Crippen LogP contribution in [0.4, 0.5) is 0 Å². The van der Waals surface area contributed by atoms with Crippen molar-refractivity contribution in [3.63, 3.8) is 0 Å². The number of aromatic nitrogens is 1. The Balaban J connectivity index is 2.14. The fourth-order valence-corrected chi connectivity index (χ4v) is 3.16. The van der Waals surface area contributed by atoms with Gasteiger partial charge in [0, 0.05) is 17.8 Å². The van der Waals surface area contributed by atoms with Crippen molar-refractivity contribution in [2.75, 3.05) is 7.05 Å². The minimum absolute atomic E-state index is 0.553. The van der Waals surface area contributed by atoms with E-state index in [0.717, 1.165) is 12.5 Å². The Labute approximate surface area is 96.1 Å². The van der Waals surface area contributed by atoms with Crippen LogP contribution in [0, 0.1) is 5.92 Å². The fourth-order valence-electron chi connectivity index (χ4n) is 1.81. The van der Waals surface area contributed by atoms with Gasteiger partial charge in [0.15, 0.2) is 0 Å². The molecule has 1 aromatic heterocycles. The van der Waals surface area contributed by atoms with Gasteiger partial charge >= 0.3 is 0 Å². The van der Waals surface area contributed by atoms with Crippen LogP contribution in [0.3, 0.4) is 0 Å². The zero-order valence-electron chi connectivity index (χ0n) is 9.84. The minimum Gasteiger partial charge on any atom is -0.315 e. The predicted octanol–water partition coefficient (Wildman–Crippen LogP) is 2.94. The summed E-state index contributed by atoms with van der Waals surface area (Å²) >= 11 is 1.91. The second kappa shape index (κ2) is 4.62. The molecule has 3 heteroatoms. The summed E-state index contributed by atoms with van der Waals surface area (Å²) in [5, 5.41) is 4.59. The lowest BCUT2D eigenvalue weighted by Gasteiger charge is -2.03. The van der Waals surface area contributed by atoms with E-state index in [4.69, 9.17) is 4.98 Å². The van der Waals surface area contributed by atoms with Crippen LogP contribution < -0.4 is 5.32 Å². The summed E-state index contributed by atoms with van der Waals surface area (Å²) in [6.07, 6.45) is 4.05. The van der Waals surface area contributed by atoms with Crippen LogP contribution >= 0.6 is 11.3 Å². The van der Waals surface area contributed by atoms with Gasteiger partial charge in [-0.2, -0.15) is 0 Å². The highest BCUT2D eigenvalue weighted by Crippen LogP contribution is 2.35. The van der Waals surface area contributed by atoms with E-state index in [2.05, 4.69) is 19.2 Å². The van der Waals surface area contributed by atoms with Gasteiger partial charge in [0.2, 0.25) is 0 Å². The van der Waals surface area contributed by atoms with Crippen LogP contribution in [0.2, 0.25) is 0 Å². The largest absolute Gasteiger partial charge is 0.315 e. The van der Waals surface area contributed by atoms with Gasteiger partial charge in [0.05, 0.1) is 10.7 Å². The van der Waals surface area contributed by atoms with Gasteiger partial charge in [-0.05, 0) is 31.7 Å². The molecule has 1 aromatic rings. The Morgan fingerprint density at radius 3 is 2.73 bits per heavy atom. The number of thiazole rings is 1. The first-order valence-corrected chi connectivity index (χ1v) is 6.65. The predicted molar refractivity (Wildman–Crippen MR) is 65.4 cm³/mol. The molecule has 1 fully saturated rings. The average Bonchev–Trinajstić information content (AvgIpc) is 2.88. The maximum Gasteiger partial charge on any atom is 0.0934 e. The van der Waals surface area contributed by atoms with Crippen LogP contribution in [-0.4, -0.2) is 12.0 Å². The first-order chi connectivity index (χ1) is 7.20. The Morgan fingerprint density at radius 1 is 1.47 bits per heavy atom. The molecule has 2 nitrogen and oxygen atoms in total. The molecule has 0 unspecified atom stereocenters. The minimum atomic E-state index is 0.553. The molecule has 1 heterocycles. The van der Waals surface area contributed by atoms with Crippen molar-refractivity contribution in [2.24, 2.45) is 5.92 Å². The van der Waals surface area contributed by atoms with Gasteiger partial charge in [-0.25, -0.2) is 4.98 Å². The number of rotatable bonds is 5. The summed E-state index contributed by atoms with van der Waals surface area (Å²) in [6, 6.07) is 0. The highest BCUT2D eigenvalue weighted by molar-refractivity contribution is 7.11. The summed E-state index contributed by atoms with van der Waals surface area (Å²) < 4.78 is 0. The quantitative estimate of drug-likeness (QED) is 0.832. The number of nitrogens with one attached hydrogen (secondary N) is 1. The first-order valence-electron chi connectivity index (χ1n) is 5.83. The molecule has 0 aromatic carbocycles. The SMILES string of the molecule is CNCc1sc(CC2CC2)nc1C(C)C. The Kier molecular flexibility index (Phi) is 3.42. The van der Waals surface area contributed by atoms with Crippen LogP contribution in [0.25, 0.3) is 0 Å². The summed E-state index contributed by atoms with van der Waals surface area (Å²) in [5.74, 6) is 1.50. The molecular weight excluding hydrogens is 204 g/mol. The average molecular weight is 224 g/mol. The Morgan fingerprint density at radius 2 is 2.20 bits per heavy atom. The monoisotopic (exact) mass is 224 g/mol. The molecule has 0 amide bonds. The fraction of sp³-hybridized carbons (Fsp3) is 0.750. The van der Waals surface area contributed by atoms with Crippen LogP contribution in [0.5, 0.6) is 0 Å². The third-order valence-electron chi connectivity index (χ3n) is 2.82. The van der Waals surface area contributed by atoms with Crippen molar-refractivity contribution in [2.45, 2.75) is 45.6 Å². The van der Waals surface area contributed by atoms with E-state index in [1.807, 2.05) is 18.4 Å². The summed E-state index contributed by atoms with van der Waals surface area (Å²) in [7, 11) is 2.00. The molecule has 0 radical (unpaired) electrons. The Bertz CT molecular complexity index is 326. The normalized spacial score (nSPS) is 16.3. The van der Waals surface area contributed by atoms with E-state index >= 15 is 0 Å². The topological polar surface area (TPSA) is 24.9 Å². The molecule has 1 N–H and O–H groups in total. The number of hydrogen-bond donors (Lipinski definition) is 1. The van der Waals surface area contributed by atoms with Crippen LogP contribution in [0.1, 0.15) is 48.2 Å². The van der Waals surface area contributed by atoms with Crippen molar-refractivity contribution < 1.29 is 0 Å². The van der Waals surface area contributed by atoms with E-state index in [1.54, 1.807) is 0 Å². The smallest absolute Gasteiger partial charge is 0.0934 e. The van der Waals surface area contributed by atoms with E-state index in [1.165, 1.54) is 34.8 Å². The number of hydrogen-bond acceptors (Lipinski definition) is 3. The third-order valence-corrected chi connectivity index (χ3v) is 3.91. The van der Waals surface area contributed by atoms with Crippen LogP contribution in [0.15, 0.2) is 0 Å². The second-order valence-electron chi connectivity index (χ2n) is 4.75. The lowest BCUT2D eigenvalue weighted by atomic mass is 10.1. The van der Waals surface area contributed by atoms with Crippen molar-refractivity contribution in [1.82, 2.24) is 10.3 Å². The standard InChI is InChI=1S/C12H20N2S/c1-8(2)12-10(7-13-3)15-11(14-12)6-9-4-5-9/h8-9,13H,4-7H2,1-3H3. The van der Waals surface area contributed by atoms with E-state index in [9.17, 15) is 0 Å². The Hall–Kier alpha value is -0.410. The molecule has 1 aliphatic carbocycles. The van der Waals surface area contributed by atoms with Crippen molar-refractivity contribution >= 4 is 11.3 Å². The maximum absolute atomic E-state index is 4.79. The van der Waals surface area contributed by atoms with E-state index in [-0.39, 0.29) is 0 Å². The molecule has 84 valence electrons. The highest BCUT2D eigenvalue weighted by Gasteiger charge is 2.24. The highest BCUT2D eigenvalue weighted by atomic mass is 32.1. The summed E-state index contributed by atoms with van der Waals surface area (Å²) in [5.41, 5.74) is 1.31. The molecule has 1 saturated carbocycles. The van der Waals surface area contributed by atoms with Gasteiger partial charge in [0.1, 0.15) is 0 Å². The van der Waals surface area contributed by atoms with Crippen molar-refractivity contribution in [3.05, 3.63) is 15.6 Å². The summed E-state index contributed by atoms with van der Waals surface area (Å²) in [4.78, 5) is 6.22. The lowest BCUT2D eigenvalue weighted by molar-refractivity contribution is 0.757. The molecular formula is C12H20N2S. The molecule has 0 spiro atoms. The van der Waals surface area contributed by atoms with Gasteiger partial charge in [-0.1, -0.05) is 13.8 Å². The van der Waals surface area contributed by atoms with Crippen molar-refractivity contribution in [3.8, 4) is 0 Å².